The van der Waals surface area contributed by atoms with Crippen molar-refractivity contribution in [1.82, 2.24) is 5.32 Å². The Bertz CT molecular complexity index is 441. The third-order valence-corrected chi connectivity index (χ3v) is 3.78. The van der Waals surface area contributed by atoms with Gasteiger partial charge >= 0.3 is 0 Å². The topological polar surface area (TPSA) is 39.1 Å². The zero-order valence-corrected chi connectivity index (χ0v) is 12.2. The summed E-state index contributed by atoms with van der Waals surface area (Å²) in [5, 5.41) is 12.4. The molecule has 2 rings (SSSR count). The number of nitrogens with one attached hydrogen (secondary N) is 1. The quantitative estimate of drug-likeness (QED) is 0.913. The van der Waals surface area contributed by atoms with Gasteiger partial charge in [0.2, 0.25) is 0 Å². The van der Waals surface area contributed by atoms with Crippen LogP contribution in [0, 0.1) is 17.2 Å². The maximum atomic E-state index is 8.98. The van der Waals surface area contributed by atoms with Gasteiger partial charge in [0.25, 0.3) is 0 Å². The Hall–Kier alpha value is -1.05. The van der Waals surface area contributed by atoms with Crippen LogP contribution in [0.4, 0.5) is 5.69 Å². The zero-order chi connectivity index (χ0) is 13.0. The van der Waals surface area contributed by atoms with Crippen molar-refractivity contribution in [1.29, 1.82) is 5.26 Å². The van der Waals surface area contributed by atoms with E-state index in [0.29, 0.717) is 12.3 Å². The van der Waals surface area contributed by atoms with Crippen molar-refractivity contribution in [2.75, 3.05) is 24.5 Å². The molecule has 1 aromatic rings. The molecule has 0 aromatic heterocycles. The molecule has 0 radical (unpaired) electrons. The fourth-order valence-corrected chi connectivity index (χ4v) is 2.80. The molecule has 0 aliphatic carbocycles. The average molecular weight is 308 g/mol. The second-order valence-corrected chi connectivity index (χ2v) is 5.83. The van der Waals surface area contributed by atoms with E-state index in [1.54, 1.807) is 0 Å². The highest BCUT2D eigenvalue weighted by Gasteiger charge is 2.24. The van der Waals surface area contributed by atoms with Crippen LogP contribution in [0.1, 0.15) is 13.3 Å². The van der Waals surface area contributed by atoms with Gasteiger partial charge in [-0.1, -0.05) is 28.9 Å². The van der Waals surface area contributed by atoms with Gasteiger partial charge < -0.3 is 10.2 Å². The Morgan fingerprint density at radius 3 is 3.06 bits per heavy atom. The van der Waals surface area contributed by atoms with Crippen molar-refractivity contribution in [3.8, 4) is 6.07 Å². The van der Waals surface area contributed by atoms with Crippen LogP contribution >= 0.6 is 15.9 Å². The number of nitrogens with zero attached hydrogens (tertiary/aromatic N) is 2. The normalized spacial score (nSPS) is 24.4. The lowest BCUT2D eigenvalue weighted by Gasteiger charge is -2.31. The van der Waals surface area contributed by atoms with Gasteiger partial charge in [0, 0.05) is 23.2 Å². The van der Waals surface area contributed by atoms with Crippen LogP contribution in [-0.2, 0) is 0 Å². The monoisotopic (exact) mass is 307 g/mol. The number of anilines is 1. The molecule has 0 saturated carbocycles. The fourth-order valence-electron chi connectivity index (χ4n) is 2.41. The van der Waals surface area contributed by atoms with E-state index in [1.165, 1.54) is 5.69 Å². The molecule has 1 saturated heterocycles. The molecule has 1 aliphatic rings. The predicted molar refractivity (Wildman–Crippen MR) is 77.5 cm³/mol. The van der Waals surface area contributed by atoms with Crippen LogP contribution in [0.2, 0.25) is 0 Å². The first-order valence-corrected chi connectivity index (χ1v) is 7.10. The summed E-state index contributed by atoms with van der Waals surface area (Å²) >= 11 is 3.52. The third-order valence-electron chi connectivity index (χ3n) is 3.29. The number of nitriles is 1. The Kier molecular flexibility index (Phi) is 4.62. The van der Waals surface area contributed by atoms with E-state index in [9.17, 15) is 0 Å². The molecule has 18 heavy (non-hydrogen) atoms. The van der Waals surface area contributed by atoms with E-state index in [1.807, 2.05) is 12.1 Å². The number of hydrogen-bond donors (Lipinski definition) is 1. The van der Waals surface area contributed by atoms with Crippen LogP contribution in [0.25, 0.3) is 0 Å². The lowest BCUT2D eigenvalue weighted by Crippen LogP contribution is -2.40. The van der Waals surface area contributed by atoms with Crippen molar-refractivity contribution >= 4 is 21.6 Å². The largest absolute Gasteiger partial charge is 0.366 e. The summed E-state index contributed by atoms with van der Waals surface area (Å²) in [4.78, 5) is 2.36. The minimum Gasteiger partial charge on any atom is -0.366 e. The number of hydrogen-bond acceptors (Lipinski definition) is 3. The van der Waals surface area contributed by atoms with Crippen LogP contribution in [0.3, 0.4) is 0 Å². The smallest absolute Gasteiger partial charge is 0.0643 e. The number of halogens is 1. The van der Waals surface area contributed by atoms with E-state index < -0.39 is 0 Å². The summed E-state index contributed by atoms with van der Waals surface area (Å²) in [6, 6.07) is 10.9. The summed E-state index contributed by atoms with van der Waals surface area (Å²) < 4.78 is 1.08. The Labute approximate surface area is 117 Å². The van der Waals surface area contributed by atoms with E-state index >= 15 is 0 Å². The zero-order valence-electron chi connectivity index (χ0n) is 10.6. The minimum absolute atomic E-state index is 0.259. The molecule has 1 fully saturated rings. The van der Waals surface area contributed by atoms with Crippen LogP contribution in [0.5, 0.6) is 0 Å². The van der Waals surface area contributed by atoms with Crippen molar-refractivity contribution in [3.05, 3.63) is 28.7 Å². The molecule has 0 amide bonds. The van der Waals surface area contributed by atoms with E-state index in [2.05, 4.69) is 51.3 Å². The third kappa shape index (κ3) is 3.24. The molecule has 2 unspecified atom stereocenters. The summed E-state index contributed by atoms with van der Waals surface area (Å²) in [5.41, 5.74) is 1.19. The molecule has 0 bridgehead atoms. The molecule has 3 nitrogen and oxygen atoms in total. The van der Waals surface area contributed by atoms with Gasteiger partial charge in [-0.25, -0.2) is 0 Å². The first kappa shape index (κ1) is 13.4. The highest BCUT2D eigenvalue weighted by molar-refractivity contribution is 9.10. The molecule has 1 N–H and O–H groups in total. The summed E-state index contributed by atoms with van der Waals surface area (Å²) in [5.74, 6) is 0.590. The van der Waals surface area contributed by atoms with Crippen molar-refractivity contribution < 1.29 is 0 Å². The summed E-state index contributed by atoms with van der Waals surface area (Å²) in [6.45, 7) is 5.14. The van der Waals surface area contributed by atoms with Gasteiger partial charge in [0.05, 0.1) is 18.5 Å². The van der Waals surface area contributed by atoms with Gasteiger partial charge in [-0.05, 0) is 30.7 Å². The lowest BCUT2D eigenvalue weighted by molar-refractivity contribution is 0.563. The van der Waals surface area contributed by atoms with Crippen LogP contribution in [-0.4, -0.2) is 25.7 Å². The van der Waals surface area contributed by atoms with Crippen molar-refractivity contribution in [2.45, 2.75) is 19.4 Å². The van der Waals surface area contributed by atoms with Crippen LogP contribution < -0.4 is 10.2 Å². The Morgan fingerprint density at radius 2 is 2.33 bits per heavy atom. The molecule has 1 aromatic carbocycles. The first-order chi connectivity index (χ1) is 8.70. The molecule has 0 spiro atoms. The molecule has 96 valence electrons. The second-order valence-electron chi connectivity index (χ2n) is 4.91. The van der Waals surface area contributed by atoms with E-state index in [-0.39, 0.29) is 6.04 Å². The molecule has 4 heteroatoms. The summed E-state index contributed by atoms with van der Waals surface area (Å²) in [6.07, 6.45) is 0.562. The lowest BCUT2D eigenvalue weighted by atomic mass is 10.1. The summed E-state index contributed by atoms with van der Waals surface area (Å²) in [7, 11) is 0. The highest BCUT2D eigenvalue weighted by atomic mass is 79.9. The van der Waals surface area contributed by atoms with E-state index in [0.717, 1.165) is 24.1 Å². The van der Waals surface area contributed by atoms with Crippen molar-refractivity contribution in [3.63, 3.8) is 0 Å². The fraction of sp³-hybridized carbons (Fsp3) is 0.500. The van der Waals surface area contributed by atoms with E-state index in [4.69, 9.17) is 5.26 Å². The molecule has 1 heterocycles. The minimum atomic E-state index is 0.259. The molecule has 2 atom stereocenters. The first-order valence-electron chi connectivity index (χ1n) is 6.30. The molecule has 1 aliphatic heterocycles. The maximum Gasteiger partial charge on any atom is 0.0643 e. The SMILES string of the molecule is CC1CNCC(CC#N)N(c2cccc(Br)c2)C1. The Balaban J connectivity index is 2.26. The maximum absolute atomic E-state index is 8.98. The number of benzene rings is 1. The molecular weight excluding hydrogens is 290 g/mol. The standard InChI is InChI=1S/C14H18BrN3/c1-11-8-17-9-14(5-6-16)18(10-11)13-4-2-3-12(15)7-13/h2-4,7,11,14,17H,5,8-10H2,1H3. The Morgan fingerprint density at radius 1 is 1.50 bits per heavy atom. The molecular formula is C14H18BrN3. The van der Waals surface area contributed by atoms with Gasteiger partial charge in [-0.15, -0.1) is 0 Å². The van der Waals surface area contributed by atoms with Gasteiger partial charge in [-0.3, -0.25) is 0 Å². The van der Waals surface area contributed by atoms with Gasteiger partial charge in [-0.2, -0.15) is 5.26 Å². The van der Waals surface area contributed by atoms with Crippen LogP contribution in [0.15, 0.2) is 28.7 Å². The van der Waals surface area contributed by atoms with Gasteiger partial charge in [0.15, 0.2) is 0 Å². The highest BCUT2D eigenvalue weighted by Crippen LogP contribution is 2.24. The van der Waals surface area contributed by atoms with Gasteiger partial charge in [0.1, 0.15) is 0 Å². The second kappa shape index (κ2) is 6.21. The van der Waals surface area contributed by atoms with Crippen molar-refractivity contribution in [2.24, 2.45) is 5.92 Å². The average Bonchev–Trinajstić information content (AvgIpc) is 2.52. The number of rotatable bonds is 2. The predicted octanol–water partition coefficient (Wildman–Crippen LogP) is 2.78.